The fourth-order valence-electron chi connectivity index (χ4n) is 0.748. The molecule has 0 radical (unpaired) electrons. The molecule has 1 rings (SSSR count). The van der Waals surface area contributed by atoms with Gasteiger partial charge in [0.25, 0.3) is 0 Å². The van der Waals surface area contributed by atoms with Crippen molar-refractivity contribution in [3.63, 3.8) is 0 Å². The fraction of sp³-hybridized carbons (Fsp3) is 0.333. The minimum Gasteiger partial charge on any atom is -0.464 e. The number of hydrogen-bond acceptors (Lipinski definition) is 5. The molecule has 8 heteroatoms. The SMILES string of the molecule is COC(=O)c1cn(CC(=N)N)nn1.Cl. The molecule has 78 valence electrons. The molecule has 1 aromatic heterocycles. The van der Waals surface area contributed by atoms with E-state index in [0.717, 1.165) is 0 Å². The highest BCUT2D eigenvalue weighted by Crippen LogP contribution is 1.94. The minimum absolute atomic E-state index is 0. The van der Waals surface area contributed by atoms with Gasteiger partial charge in [-0.2, -0.15) is 0 Å². The van der Waals surface area contributed by atoms with Crippen molar-refractivity contribution in [1.29, 1.82) is 5.41 Å². The van der Waals surface area contributed by atoms with E-state index in [1.54, 1.807) is 0 Å². The largest absolute Gasteiger partial charge is 0.464 e. The topological polar surface area (TPSA) is 107 Å². The van der Waals surface area contributed by atoms with Gasteiger partial charge in [0.1, 0.15) is 5.84 Å². The van der Waals surface area contributed by atoms with Gasteiger partial charge in [0.05, 0.1) is 19.9 Å². The van der Waals surface area contributed by atoms with Crippen LogP contribution in [0.25, 0.3) is 0 Å². The number of methoxy groups -OCH3 is 1. The summed E-state index contributed by atoms with van der Waals surface area (Å²) in [6, 6.07) is 0. The van der Waals surface area contributed by atoms with Crippen LogP contribution in [0.4, 0.5) is 0 Å². The summed E-state index contributed by atoms with van der Waals surface area (Å²) in [4.78, 5) is 10.9. The maximum Gasteiger partial charge on any atom is 0.360 e. The Morgan fingerprint density at radius 1 is 1.79 bits per heavy atom. The van der Waals surface area contributed by atoms with Crippen molar-refractivity contribution in [1.82, 2.24) is 15.0 Å². The molecule has 0 saturated carbocycles. The molecule has 0 aliphatic heterocycles. The number of nitrogens with zero attached hydrogens (tertiary/aromatic N) is 3. The van der Waals surface area contributed by atoms with Gasteiger partial charge >= 0.3 is 5.97 Å². The molecule has 0 spiro atoms. The number of carbonyl (C=O) groups excluding carboxylic acids is 1. The minimum atomic E-state index is -0.560. The van der Waals surface area contributed by atoms with Crippen LogP contribution in [0, 0.1) is 5.41 Å². The van der Waals surface area contributed by atoms with Crippen LogP contribution in [0.2, 0.25) is 0 Å². The zero-order chi connectivity index (χ0) is 9.84. The lowest BCUT2D eigenvalue weighted by molar-refractivity contribution is 0.0594. The van der Waals surface area contributed by atoms with Crippen LogP contribution in [0.1, 0.15) is 10.5 Å². The molecule has 1 aromatic rings. The molecule has 7 nitrogen and oxygen atoms in total. The van der Waals surface area contributed by atoms with Crippen molar-refractivity contribution in [2.24, 2.45) is 5.73 Å². The summed E-state index contributed by atoms with van der Waals surface area (Å²) in [5.41, 5.74) is 5.22. The lowest BCUT2D eigenvalue weighted by atomic mass is 10.5. The second-order valence-corrected chi connectivity index (χ2v) is 2.32. The Hall–Kier alpha value is -1.63. The number of nitrogens with one attached hydrogen (secondary N) is 1. The molecular weight excluding hydrogens is 210 g/mol. The first-order valence-electron chi connectivity index (χ1n) is 3.45. The smallest absolute Gasteiger partial charge is 0.360 e. The van der Waals surface area contributed by atoms with E-state index in [1.165, 1.54) is 18.0 Å². The summed E-state index contributed by atoms with van der Waals surface area (Å²) in [6.07, 6.45) is 1.37. The van der Waals surface area contributed by atoms with Crippen LogP contribution >= 0.6 is 12.4 Å². The normalized spacial score (nSPS) is 8.93. The van der Waals surface area contributed by atoms with Gasteiger partial charge in [-0.1, -0.05) is 5.21 Å². The molecule has 1 heterocycles. The molecule has 14 heavy (non-hydrogen) atoms. The molecule has 0 fully saturated rings. The number of rotatable bonds is 3. The molecule has 0 atom stereocenters. The maximum absolute atomic E-state index is 10.9. The van der Waals surface area contributed by atoms with Crippen LogP contribution in [0.3, 0.4) is 0 Å². The molecule has 3 N–H and O–H groups in total. The number of esters is 1. The van der Waals surface area contributed by atoms with Crippen LogP contribution in [0.5, 0.6) is 0 Å². The Bertz CT molecular complexity index is 337. The molecular formula is C6H10ClN5O2. The highest BCUT2D eigenvalue weighted by molar-refractivity contribution is 5.86. The number of ether oxygens (including phenoxy) is 1. The van der Waals surface area contributed by atoms with Crippen molar-refractivity contribution in [2.45, 2.75) is 6.54 Å². The van der Waals surface area contributed by atoms with Crippen LogP contribution in [-0.2, 0) is 11.3 Å². The maximum atomic E-state index is 10.9. The molecule has 0 aromatic carbocycles. The van der Waals surface area contributed by atoms with Crippen LogP contribution in [-0.4, -0.2) is 33.9 Å². The van der Waals surface area contributed by atoms with Crippen molar-refractivity contribution in [2.75, 3.05) is 7.11 Å². The first-order valence-corrected chi connectivity index (χ1v) is 3.45. The van der Waals surface area contributed by atoms with Gasteiger partial charge in [-0.25, -0.2) is 9.48 Å². The lowest BCUT2D eigenvalue weighted by Gasteiger charge is -1.94. The zero-order valence-corrected chi connectivity index (χ0v) is 8.24. The number of aromatic nitrogens is 3. The Morgan fingerprint density at radius 3 is 2.93 bits per heavy atom. The number of amidine groups is 1. The molecule has 0 bridgehead atoms. The van der Waals surface area contributed by atoms with Gasteiger partial charge in [0.15, 0.2) is 5.69 Å². The highest BCUT2D eigenvalue weighted by Gasteiger charge is 2.10. The van der Waals surface area contributed by atoms with E-state index >= 15 is 0 Å². The summed E-state index contributed by atoms with van der Waals surface area (Å²) in [5, 5.41) is 14.1. The summed E-state index contributed by atoms with van der Waals surface area (Å²) < 4.78 is 5.70. The first kappa shape index (κ1) is 12.4. The van der Waals surface area contributed by atoms with Gasteiger partial charge in [0.2, 0.25) is 0 Å². The quantitative estimate of drug-likeness (QED) is 0.402. The Labute approximate surface area is 86.1 Å². The number of carbonyl (C=O) groups is 1. The number of hydrogen-bond donors (Lipinski definition) is 2. The molecule has 0 amide bonds. The second-order valence-electron chi connectivity index (χ2n) is 2.32. The molecule has 0 saturated heterocycles. The van der Waals surface area contributed by atoms with E-state index in [-0.39, 0.29) is 30.5 Å². The van der Waals surface area contributed by atoms with Crippen LogP contribution in [0.15, 0.2) is 6.20 Å². The van der Waals surface area contributed by atoms with E-state index in [4.69, 9.17) is 11.1 Å². The van der Waals surface area contributed by atoms with Gasteiger partial charge in [-0.05, 0) is 0 Å². The molecule has 0 aliphatic carbocycles. The summed E-state index contributed by atoms with van der Waals surface area (Å²) in [7, 11) is 1.26. The summed E-state index contributed by atoms with van der Waals surface area (Å²) in [6.45, 7) is 0.115. The van der Waals surface area contributed by atoms with Gasteiger partial charge < -0.3 is 10.5 Å². The highest BCUT2D eigenvalue weighted by atomic mass is 35.5. The van der Waals surface area contributed by atoms with Gasteiger partial charge in [-0.15, -0.1) is 17.5 Å². The monoisotopic (exact) mass is 219 g/mol. The van der Waals surface area contributed by atoms with Crippen LogP contribution < -0.4 is 5.73 Å². The molecule has 0 aliphatic rings. The Kier molecular flexibility index (Phi) is 4.57. The number of nitrogens with two attached hydrogens (primary N) is 1. The third-order valence-electron chi connectivity index (χ3n) is 1.27. The Morgan fingerprint density at radius 2 is 2.43 bits per heavy atom. The summed E-state index contributed by atoms with van der Waals surface area (Å²) >= 11 is 0. The van der Waals surface area contributed by atoms with Gasteiger partial charge in [-0.3, -0.25) is 5.41 Å². The van der Waals surface area contributed by atoms with E-state index < -0.39 is 5.97 Å². The van der Waals surface area contributed by atoms with Crippen molar-refractivity contribution in [3.8, 4) is 0 Å². The number of halogens is 1. The third kappa shape index (κ3) is 3.02. The van der Waals surface area contributed by atoms with E-state index in [1.807, 2.05) is 0 Å². The van der Waals surface area contributed by atoms with Crippen molar-refractivity contribution >= 4 is 24.2 Å². The average Bonchev–Trinajstić information content (AvgIpc) is 2.50. The first-order chi connectivity index (χ1) is 6.13. The third-order valence-corrected chi connectivity index (χ3v) is 1.27. The summed E-state index contributed by atoms with van der Waals surface area (Å²) in [5.74, 6) is -0.615. The predicted molar refractivity (Wildman–Crippen MR) is 50.5 cm³/mol. The fourth-order valence-corrected chi connectivity index (χ4v) is 0.748. The average molecular weight is 220 g/mol. The van der Waals surface area contributed by atoms with Crippen molar-refractivity contribution in [3.05, 3.63) is 11.9 Å². The van der Waals surface area contributed by atoms with E-state index in [9.17, 15) is 4.79 Å². The Balaban J connectivity index is 0.00000169. The van der Waals surface area contributed by atoms with E-state index in [2.05, 4.69) is 15.0 Å². The molecule has 0 unspecified atom stereocenters. The standard InChI is InChI=1S/C6H9N5O2.ClH/c1-13-6(12)4-2-11(10-9-4)3-5(7)8;/h2H,3H2,1H3,(H3,7,8);1H. The van der Waals surface area contributed by atoms with E-state index in [0.29, 0.717) is 0 Å². The zero-order valence-electron chi connectivity index (χ0n) is 7.43. The predicted octanol–water partition coefficient (Wildman–Crippen LogP) is -0.578. The van der Waals surface area contributed by atoms with Gasteiger partial charge in [0, 0.05) is 0 Å². The van der Waals surface area contributed by atoms with Crippen molar-refractivity contribution < 1.29 is 9.53 Å². The second kappa shape index (κ2) is 5.18. The lowest BCUT2D eigenvalue weighted by Crippen LogP contribution is -2.18.